The number of halogens is 2. The average Bonchev–Trinajstić information content (AvgIpc) is 2.19. The van der Waals surface area contributed by atoms with Crippen LogP contribution in [0.25, 0.3) is 0 Å². The van der Waals surface area contributed by atoms with Crippen molar-refractivity contribution in [1.82, 2.24) is 0 Å². The van der Waals surface area contributed by atoms with Crippen LogP contribution in [-0.4, -0.2) is 22.9 Å². The molecule has 0 radical (unpaired) electrons. The Morgan fingerprint density at radius 3 is 2.62 bits per heavy atom. The van der Waals surface area contributed by atoms with Crippen LogP contribution in [0.3, 0.4) is 0 Å². The maximum atomic E-state index is 4.31. The smallest absolute Gasteiger partial charge is 0.0523 e. The summed E-state index contributed by atoms with van der Waals surface area (Å²) in [6.07, 6.45) is 1.90. The fraction of sp³-hybridized carbons (Fsp3) is 0.300. The SMILES string of the molecule is BrC[C@H](Br)CN=Cc1ccccc1. The van der Waals surface area contributed by atoms with Gasteiger partial charge in [0.1, 0.15) is 0 Å². The van der Waals surface area contributed by atoms with Gasteiger partial charge in [0.05, 0.1) is 6.54 Å². The number of aliphatic imine (C=N–C) groups is 1. The second-order valence-electron chi connectivity index (χ2n) is 2.66. The molecule has 1 nitrogen and oxygen atoms in total. The Hall–Kier alpha value is -0.150. The van der Waals surface area contributed by atoms with E-state index >= 15 is 0 Å². The molecule has 1 rings (SSSR count). The van der Waals surface area contributed by atoms with Gasteiger partial charge in [0.15, 0.2) is 0 Å². The third-order valence-electron chi connectivity index (χ3n) is 1.51. The summed E-state index contributed by atoms with van der Waals surface area (Å²) < 4.78 is 0. The molecule has 0 N–H and O–H groups in total. The molecule has 0 amide bonds. The molecule has 0 aromatic heterocycles. The van der Waals surface area contributed by atoms with Gasteiger partial charge in [-0.3, -0.25) is 4.99 Å². The molecule has 1 aromatic carbocycles. The van der Waals surface area contributed by atoms with E-state index in [1.54, 1.807) is 0 Å². The third-order valence-corrected chi connectivity index (χ3v) is 3.77. The van der Waals surface area contributed by atoms with E-state index in [2.05, 4.69) is 36.9 Å². The van der Waals surface area contributed by atoms with Crippen molar-refractivity contribution in [3.05, 3.63) is 35.9 Å². The Balaban J connectivity index is 2.41. The molecule has 1 atom stereocenters. The van der Waals surface area contributed by atoms with Crippen LogP contribution in [0.1, 0.15) is 5.56 Å². The summed E-state index contributed by atoms with van der Waals surface area (Å²) in [6.45, 7) is 0.806. The van der Waals surface area contributed by atoms with Gasteiger partial charge in [0.2, 0.25) is 0 Å². The van der Waals surface area contributed by atoms with Gasteiger partial charge in [-0.25, -0.2) is 0 Å². The van der Waals surface area contributed by atoms with Crippen molar-refractivity contribution in [2.75, 3.05) is 11.9 Å². The van der Waals surface area contributed by atoms with Crippen LogP contribution >= 0.6 is 31.9 Å². The Morgan fingerprint density at radius 1 is 1.31 bits per heavy atom. The minimum Gasteiger partial charge on any atom is -0.291 e. The van der Waals surface area contributed by atoms with Gasteiger partial charge in [0, 0.05) is 16.4 Å². The lowest BCUT2D eigenvalue weighted by atomic mass is 10.2. The quantitative estimate of drug-likeness (QED) is 0.598. The molecule has 0 saturated carbocycles. The number of rotatable bonds is 4. The number of hydrogen-bond donors (Lipinski definition) is 0. The van der Waals surface area contributed by atoms with E-state index in [-0.39, 0.29) is 0 Å². The molecular formula is C10H11Br2N. The summed E-state index contributed by atoms with van der Waals surface area (Å²) in [4.78, 5) is 4.73. The topological polar surface area (TPSA) is 12.4 Å². The van der Waals surface area contributed by atoms with E-state index in [0.717, 1.165) is 17.4 Å². The normalized spacial score (nSPS) is 13.4. The van der Waals surface area contributed by atoms with Gasteiger partial charge < -0.3 is 0 Å². The van der Waals surface area contributed by atoms with Gasteiger partial charge in [-0.15, -0.1) is 0 Å². The van der Waals surface area contributed by atoms with Crippen LogP contribution in [-0.2, 0) is 0 Å². The van der Waals surface area contributed by atoms with Crippen LogP contribution in [0.15, 0.2) is 35.3 Å². The van der Waals surface area contributed by atoms with Crippen LogP contribution in [0.2, 0.25) is 0 Å². The van der Waals surface area contributed by atoms with Gasteiger partial charge in [-0.1, -0.05) is 62.2 Å². The highest BCUT2D eigenvalue weighted by molar-refractivity contribution is 9.12. The first kappa shape index (κ1) is 10.9. The van der Waals surface area contributed by atoms with Crippen LogP contribution in [0.4, 0.5) is 0 Å². The van der Waals surface area contributed by atoms with E-state index < -0.39 is 0 Å². The summed E-state index contributed by atoms with van der Waals surface area (Å²) in [7, 11) is 0. The van der Waals surface area contributed by atoms with Crippen molar-refractivity contribution in [2.24, 2.45) is 4.99 Å². The van der Waals surface area contributed by atoms with Crippen LogP contribution in [0, 0.1) is 0 Å². The third kappa shape index (κ3) is 4.58. The lowest BCUT2D eigenvalue weighted by Gasteiger charge is -1.98. The lowest BCUT2D eigenvalue weighted by Crippen LogP contribution is -2.03. The monoisotopic (exact) mass is 303 g/mol. The number of hydrogen-bond acceptors (Lipinski definition) is 1. The zero-order valence-electron chi connectivity index (χ0n) is 7.16. The molecule has 0 bridgehead atoms. The largest absolute Gasteiger partial charge is 0.291 e. The zero-order chi connectivity index (χ0) is 9.52. The first-order valence-electron chi connectivity index (χ1n) is 4.08. The van der Waals surface area contributed by atoms with Crippen LogP contribution < -0.4 is 0 Å². The molecule has 0 saturated heterocycles. The molecule has 0 aliphatic carbocycles. The van der Waals surface area contributed by atoms with E-state index in [9.17, 15) is 0 Å². The molecule has 0 aliphatic heterocycles. The number of benzene rings is 1. The number of nitrogens with zero attached hydrogens (tertiary/aromatic N) is 1. The van der Waals surface area contributed by atoms with E-state index in [1.165, 1.54) is 0 Å². The van der Waals surface area contributed by atoms with Gasteiger partial charge >= 0.3 is 0 Å². The van der Waals surface area contributed by atoms with Gasteiger partial charge in [-0.05, 0) is 5.56 Å². The first-order chi connectivity index (χ1) is 6.33. The Bertz CT molecular complexity index is 259. The summed E-state index contributed by atoms with van der Waals surface area (Å²) in [5.41, 5.74) is 1.15. The first-order valence-corrected chi connectivity index (χ1v) is 6.11. The Morgan fingerprint density at radius 2 is 2.00 bits per heavy atom. The minimum atomic E-state index is 0.424. The van der Waals surface area contributed by atoms with Crippen molar-refractivity contribution in [2.45, 2.75) is 4.83 Å². The van der Waals surface area contributed by atoms with Gasteiger partial charge in [0.25, 0.3) is 0 Å². The maximum Gasteiger partial charge on any atom is 0.0523 e. The summed E-state index contributed by atoms with van der Waals surface area (Å²) in [6, 6.07) is 10.1. The Kier molecular flexibility index (Phi) is 5.32. The fourth-order valence-corrected chi connectivity index (χ4v) is 1.23. The van der Waals surface area contributed by atoms with E-state index in [4.69, 9.17) is 0 Å². The highest BCUT2D eigenvalue weighted by atomic mass is 79.9. The Labute approximate surface area is 95.5 Å². The molecule has 3 heteroatoms. The molecule has 0 spiro atoms. The van der Waals surface area contributed by atoms with Crippen LogP contribution in [0.5, 0.6) is 0 Å². The summed E-state index contributed by atoms with van der Waals surface area (Å²) >= 11 is 6.87. The molecule has 0 aliphatic rings. The minimum absolute atomic E-state index is 0.424. The molecule has 1 aromatic rings. The predicted octanol–water partition coefficient (Wildman–Crippen LogP) is 3.26. The highest BCUT2D eigenvalue weighted by Gasteiger charge is 1.97. The fourth-order valence-electron chi connectivity index (χ4n) is 0.860. The van der Waals surface area contributed by atoms with Crippen molar-refractivity contribution in [3.63, 3.8) is 0 Å². The lowest BCUT2D eigenvalue weighted by molar-refractivity contribution is 0.989. The molecule has 0 unspecified atom stereocenters. The maximum absolute atomic E-state index is 4.31. The average molecular weight is 305 g/mol. The van der Waals surface area contributed by atoms with Crippen molar-refractivity contribution >= 4 is 38.1 Å². The standard InChI is InChI=1S/C10H11Br2N/c11-6-10(12)8-13-7-9-4-2-1-3-5-9/h1-5,7,10H,6,8H2/t10-/m0/s1. The molecule has 0 heterocycles. The van der Waals surface area contributed by atoms with E-state index in [1.807, 2.05) is 36.5 Å². The second-order valence-corrected chi connectivity index (χ2v) is 4.60. The highest BCUT2D eigenvalue weighted by Crippen LogP contribution is 2.03. The van der Waals surface area contributed by atoms with E-state index in [0.29, 0.717) is 4.83 Å². The summed E-state index contributed by atoms with van der Waals surface area (Å²) in [5.74, 6) is 0. The zero-order valence-corrected chi connectivity index (χ0v) is 10.3. The predicted molar refractivity (Wildman–Crippen MR) is 65.4 cm³/mol. The molecule has 70 valence electrons. The van der Waals surface area contributed by atoms with Crippen molar-refractivity contribution < 1.29 is 0 Å². The molecule has 0 fully saturated rings. The number of alkyl halides is 2. The molecule has 13 heavy (non-hydrogen) atoms. The second kappa shape index (κ2) is 6.33. The van der Waals surface area contributed by atoms with Gasteiger partial charge in [-0.2, -0.15) is 0 Å². The summed E-state index contributed by atoms with van der Waals surface area (Å²) in [5, 5.41) is 0.930. The van der Waals surface area contributed by atoms with Crippen molar-refractivity contribution in [1.29, 1.82) is 0 Å². The van der Waals surface area contributed by atoms with Crippen molar-refractivity contribution in [3.8, 4) is 0 Å². The molecular weight excluding hydrogens is 294 g/mol.